The van der Waals surface area contributed by atoms with Crippen LogP contribution in [0.5, 0.6) is 0 Å². The van der Waals surface area contributed by atoms with Gasteiger partial charge in [-0.15, -0.1) is 0 Å². The van der Waals surface area contributed by atoms with Crippen LogP contribution in [0.1, 0.15) is 36.5 Å². The fraction of sp³-hybridized carbons (Fsp3) is 0.533. The predicted octanol–water partition coefficient (Wildman–Crippen LogP) is 3.61. The molecule has 1 aliphatic heterocycles. The molecular weight excluding hydrogens is 240 g/mol. The average Bonchev–Trinajstić information content (AvgIpc) is 3.12. The Balaban J connectivity index is 1.40. The smallest absolute Gasteiger partial charge is 0.157 e. The van der Waals surface area contributed by atoms with E-state index >= 15 is 0 Å². The zero-order valence-corrected chi connectivity index (χ0v) is 11.5. The van der Waals surface area contributed by atoms with Gasteiger partial charge in [-0.25, -0.2) is 0 Å². The fourth-order valence-electron chi connectivity index (χ4n) is 2.31. The van der Waals surface area contributed by atoms with Gasteiger partial charge in [0, 0.05) is 6.54 Å². The number of thioether (sulfide) groups is 1. The normalized spacial score (nSPS) is 22.9. The number of amidine groups is 1. The van der Waals surface area contributed by atoms with Crippen LogP contribution in [0.2, 0.25) is 0 Å². The lowest BCUT2D eigenvalue weighted by Crippen LogP contribution is -2.20. The molecule has 0 spiro atoms. The number of rotatable bonds is 5. The van der Waals surface area contributed by atoms with E-state index in [9.17, 15) is 0 Å². The Morgan fingerprint density at radius 2 is 2.06 bits per heavy atom. The van der Waals surface area contributed by atoms with E-state index in [2.05, 4.69) is 40.6 Å². The van der Waals surface area contributed by atoms with Crippen molar-refractivity contribution in [3.05, 3.63) is 35.9 Å². The Morgan fingerprint density at radius 1 is 1.22 bits per heavy atom. The van der Waals surface area contributed by atoms with Crippen molar-refractivity contribution in [1.29, 1.82) is 0 Å². The Kier molecular flexibility index (Phi) is 3.89. The lowest BCUT2D eigenvalue weighted by molar-refractivity contribution is 0.654. The maximum absolute atomic E-state index is 4.59. The summed E-state index contributed by atoms with van der Waals surface area (Å²) in [6.07, 6.45) is 5.62. The summed E-state index contributed by atoms with van der Waals surface area (Å²) in [5.41, 5.74) is 1.39. The largest absolute Gasteiger partial charge is 0.365 e. The van der Waals surface area contributed by atoms with Gasteiger partial charge in [-0.1, -0.05) is 54.9 Å². The van der Waals surface area contributed by atoms with Crippen molar-refractivity contribution in [2.75, 3.05) is 13.1 Å². The van der Waals surface area contributed by atoms with E-state index in [1.165, 1.54) is 31.2 Å². The number of hydrogen-bond donors (Lipinski definition) is 1. The molecular formula is C15H20N2S. The first-order valence-electron chi connectivity index (χ1n) is 6.92. The summed E-state index contributed by atoms with van der Waals surface area (Å²) in [4.78, 5) is 4.59. The second-order valence-corrected chi connectivity index (χ2v) is 6.37. The summed E-state index contributed by atoms with van der Waals surface area (Å²) in [5.74, 6) is 1.04. The fourth-order valence-corrected chi connectivity index (χ4v) is 3.35. The van der Waals surface area contributed by atoms with Gasteiger partial charge in [0.1, 0.15) is 0 Å². The van der Waals surface area contributed by atoms with Crippen LogP contribution in [0.3, 0.4) is 0 Å². The third-order valence-corrected chi connectivity index (χ3v) is 4.79. The van der Waals surface area contributed by atoms with Crippen molar-refractivity contribution in [1.82, 2.24) is 5.32 Å². The molecule has 0 radical (unpaired) electrons. The van der Waals surface area contributed by atoms with Gasteiger partial charge in [0.25, 0.3) is 0 Å². The van der Waals surface area contributed by atoms with Crippen LogP contribution in [-0.2, 0) is 0 Å². The van der Waals surface area contributed by atoms with E-state index in [0.29, 0.717) is 5.25 Å². The third-order valence-electron chi connectivity index (χ3n) is 3.59. The van der Waals surface area contributed by atoms with Gasteiger partial charge in [0.05, 0.1) is 11.8 Å². The van der Waals surface area contributed by atoms with E-state index in [1.54, 1.807) is 0 Å². The van der Waals surface area contributed by atoms with Crippen molar-refractivity contribution in [3.8, 4) is 0 Å². The molecule has 1 heterocycles. The highest BCUT2D eigenvalue weighted by Crippen LogP contribution is 2.35. The molecule has 0 bridgehead atoms. The zero-order valence-electron chi connectivity index (χ0n) is 10.6. The molecule has 1 saturated carbocycles. The number of aliphatic imine (C=N–C) groups is 1. The number of nitrogens with one attached hydrogen (secondary N) is 1. The molecule has 1 aromatic carbocycles. The van der Waals surface area contributed by atoms with E-state index in [-0.39, 0.29) is 0 Å². The minimum absolute atomic E-state index is 0.511. The molecule has 96 valence electrons. The molecule has 1 N–H and O–H groups in total. The van der Waals surface area contributed by atoms with E-state index in [4.69, 9.17) is 0 Å². The molecule has 0 aromatic heterocycles. The summed E-state index contributed by atoms with van der Waals surface area (Å²) < 4.78 is 0. The van der Waals surface area contributed by atoms with Crippen LogP contribution in [0.4, 0.5) is 0 Å². The second-order valence-electron chi connectivity index (χ2n) is 5.18. The maximum atomic E-state index is 4.59. The van der Waals surface area contributed by atoms with Crippen LogP contribution in [0.15, 0.2) is 35.3 Å². The van der Waals surface area contributed by atoms with Crippen molar-refractivity contribution < 1.29 is 0 Å². The van der Waals surface area contributed by atoms with E-state index in [1.807, 2.05) is 11.8 Å². The molecule has 1 atom stereocenters. The van der Waals surface area contributed by atoms with Crippen LogP contribution >= 0.6 is 11.8 Å². The first kappa shape index (κ1) is 12.1. The SMILES string of the molecule is c1ccc(C2CN=C(NCCCC3CC3)S2)cc1. The Bertz CT molecular complexity index is 412. The van der Waals surface area contributed by atoms with Gasteiger partial charge in [-0.2, -0.15) is 0 Å². The minimum atomic E-state index is 0.511. The first-order valence-corrected chi connectivity index (χ1v) is 7.80. The summed E-state index contributed by atoms with van der Waals surface area (Å²) in [6.45, 7) is 2.00. The Morgan fingerprint density at radius 3 is 2.83 bits per heavy atom. The molecule has 18 heavy (non-hydrogen) atoms. The summed E-state index contributed by atoms with van der Waals surface area (Å²) >= 11 is 1.88. The number of benzene rings is 1. The maximum Gasteiger partial charge on any atom is 0.157 e. The lowest BCUT2D eigenvalue weighted by Gasteiger charge is -2.09. The Labute approximate surface area is 113 Å². The van der Waals surface area contributed by atoms with Crippen LogP contribution < -0.4 is 5.32 Å². The van der Waals surface area contributed by atoms with E-state index in [0.717, 1.165) is 24.2 Å². The van der Waals surface area contributed by atoms with Gasteiger partial charge < -0.3 is 5.32 Å². The molecule has 0 saturated heterocycles. The molecule has 2 nitrogen and oxygen atoms in total. The zero-order chi connectivity index (χ0) is 12.2. The minimum Gasteiger partial charge on any atom is -0.365 e. The predicted molar refractivity (Wildman–Crippen MR) is 79.0 cm³/mol. The van der Waals surface area contributed by atoms with Crippen LogP contribution in [0.25, 0.3) is 0 Å². The first-order chi connectivity index (χ1) is 8.92. The van der Waals surface area contributed by atoms with E-state index < -0.39 is 0 Å². The lowest BCUT2D eigenvalue weighted by atomic mass is 10.1. The van der Waals surface area contributed by atoms with Gasteiger partial charge in [-0.3, -0.25) is 4.99 Å². The van der Waals surface area contributed by atoms with Gasteiger partial charge in [0.15, 0.2) is 5.17 Å². The molecule has 3 heteroatoms. The molecule has 0 amide bonds. The van der Waals surface area contributed by atoms with Gasteiger partial charge >= 0.3 is 0 Å². The Hall–Kier alpha value is -0.960. The highest BCUT2D eigenvalue weighted by Gasteiger charge is 2.22. The van der Waals surface area contributed by atoms with Crippen LogP contribution in [0, 0.1) is 5.92 Å². The van der Waals surface area contributed by atoms with Gasteiger partial charge in [0.2, 0.25) is 0 Å². The number of hydrogen-bond acceptors (Lipinski definition) is 3. The van der Waals surface area contributed by atoms with Crippen molar-refractivity contribution in [2.45, 2.75) is 30.9 Å². The highest BCUT2D eigenvalue weighted by atomic mass is 32.2. The van der Waals surface area contributed by atoms with Gasteiger partial charge in [-0.05, 0) is 24.3 Å². The average molecular weight is 260 g/mol. The molecule has 1 aliphatic carbocycles. The van der Waals surface area contributed by atoms with Crippen molar-refractivity contribution >= 4 is 16.9 Å². The summed E-state index contributed by atoms with van der Waals surface area (Å²) in [5, 5.41) is 5.13. The van der Waals surface area contributed by atoms with Crippen molar-refractivity contribution in [2.24, 2.45) is 10.9 Å². The molecule has 3 rings (SSSR count). The molecule has 1 unspecified atom stereocenters. The second kappa shape index (κ2) is 5.79. The quantitative estimate of drug-likeness (QED) is 0.818. The monoisotopic (exact) mass is 260 g/mol. The highest BCUT2D eigenvalue weighted by molar-refractivity contribution is 8.14. The standard InChI is InChI=1S/C15H20N2S/c1-2-6-13(7-3-1)14-11-17-15(18-14)16-10-4-5-12-8-9-12/h1-3,6-7,12,14H,4-5,8-11H2,(H,16,17). The summed E-state index contributed by atoms with van der Waals surface area (Å²) in [7, 11) is 0. The molecule has 1 aromatic rings. The molecule has 2 aliphatic rings. The van der Waals surface area contributed by atoms with Crippen LogP contribution in [-0.4, -0.2) is 18.3 Å². The molecule has 1 fully saturated rings. The van der Waals surface area contributed by atoms with Crippen molar-refractivity contribution in [3.63, 3.8) is 0 Å². The third kappa shape index (κ3) is 3.29. The topological polar surface area (TPSA) is 24.4 Å². The number of nitrogens with zero attached hydrogens (tertiary/aromatic N) is 1. The summed E-state index contributed by atoms with van der Waals surface area (Å²) in [6, 6.07) is 10.7.